The van der Waals surface area contributed by atoms with Crippen LogP contribution in [0.2, 0.25) is 0 Å². The van der Waals surface area contributed by atoms with Gasteiger partial charge in [-0.2, -0.15) is 13.2 Å². The third-order valence-electron chi connectivity index (χ3n) is 2.39. The lowest BCUT2D eigenvalue weighted by Crippen LogP contribution is -2.59. The summed E-state index contributed by atoms with van der Waals surface area (Å²) >= 11 is 1.07. The Hall–Kier alpha value is -1.15. The number of halogens is 3. The molecule has 0 aromatic carbocycles. The third kappa shape index (κ3) is 2.99. The highest BCUT2D eigenvalue weighted by atomic mass is 32.1. The molecule has 3 N–H and O–H groups in total. The van der Waals surface area contributed by atoms with Crippen molar-refractivity contribution in [1.29, 1.82) is 0 Å². The van der Waals surface area contributed by atoms with E-state index in [0.29, 0.717) is 12.6 Å². The predicted molar refractivity (Wildman–Crippen MR) is 63.5 cm³/mol. The van der Waals surface area contributed by atoms with E-state index in [1.54, 1.807) is 5.38 Å². The molecule has 0 radical (unpaired) electrons. The number of rotatable bonds is 3. The first-order valence-electron chi connectivity index (χ1n) is 5.18. The van der Waals surface area contributed by atoms with Gasteiger partial charge in [0.05, 0.1) is 5.69 Å². The highest BCUT2D eigenvalue weighted by molar-refractivity contribution is 7.13. The van der Waals surface area contributed by atoms with Crippen molar-refractivity contribution >= 4 is 22.4 Å². The van der Waals surface area contributed by atoms with E-state index < -0.39 is 17.6 Å². The number of anilines is 1. The van der Waals surface area contributed by atoms with Gasteiger partial charge in [-0.05, 0) is 12.8 Å². The van der Waals surface area contributed by atoms with Gasteiger partial charge in [-0.1, -0.05) is 13.8 Å². The van der Waals surface area contributed by atoms with Gasteiger partial charge in [0.2, 0.25) is 0 Å². The molecule has 0 fully saturated rings. The molecule has 1 amide bonds. The van der Waals surface area contributed by atoms with Crippen LogP contribution in [-0.4, -0.2) is 22.6 Å². The zero-order valence-electron chi connectivity index (χ0n) is 10.1. The van der Waals surface area contributed by atoms with Crippen LogP contribution >= 0.6 is 11.3 Å². The lowest BCUT2D eigenvalue weighted by molar-refractivity contribution is -0.184. The summed E-state index contributed by atoms with van der Waals surface area (Å²) in [7, 11) is 0. The van der Waals surface area contributed by atoms with Crippen molar-refractivity contribution in [2.45, 2.75) is 38.4 Å². The van der Waals surface area contributed by atoms with E-state index in [1.807, 2.05) is 13.8 Å². The van der Waals surface area contributed by atoms with Gasteiger partial charge in [-0.25, -0.2) is 4.98 Å². The number of nitrogens with zero attached hydrogens (tertiary/aromatic N) is 1. The zero-order chi connectivity index (χ0) is 14.1. The van der Waals surface area contributed by atoms with Crippen molar-refractivity contribution in [3.63, 3.8) is 0 Å². The van der Waals surface area contributed by atoms with Crippen LogP contribution < -0.4 is 11.1 Å². The monoisotopic (exact) mass is 281 g/mol. The molecule has 18 heavy (non-hydrogen) atoms. The number of carbonyl (C=O) groups excluding carboxylic acids is 1. The molecule has 0 bridgehead atoms. The Bertz CT molecular complexity index is 440. The van der Waals surface area contributed by atoms with Crippen molar-refractivity contribution in [1.82, 2.24) is 4.98 Å². The van der Waals surface area contributed by atoms with Gasteiger partial charge < -0.3 is 11.1 Å². The first-order chi connectivity index (χ1) is 8.05. The molecule has 0 saturated heterocycles. The molecule has 0 spiro atoms. The number of amides is 1. The SMILES string of the molecule is CC(C)c1csc(NC(=O)C(C)(N)C(F)(F)F)n1. The summed E-state index contributed by atoms with van der Waals surface area (Å²) in [5.41, 5.74) is 2.77. The molecule has 4 nitrogen and oxygen atoms in total. The number of hydrogen-bond acceptors (Lipinski definition) is 4. The number of aromatic nitrogens is 1. The molecule has 0 aliphatic rings. The molecule has 0 aliphatic heterocycles. The first-order valence-corrected chi connectivity index (χ1v) is 6.06. The maximum absolute atomic E-state index is 12.5. The van der Waals surface area contributed by atoms with E-state index in [1.165, 1.54) is 0 Å². The normalized spacial score (nSPS) is 15.6. The Morgan fingerprint density at radius 2 is 2.06 bits per heavy atom. The van der Waals surface area contributed by atoms with E-state index in [2.05, 4.69) is 10.3 Å². The first kappa shape index (κ1) is 14.9. The molecule has 1 atom stereocenters. The third-order valence-corrected chi connectivity index (χ3v) is 3.17. The largest absolute Gasteiger partial charge is 0.415 e. The van der Waals surface area contributed by atoms with E-state index in [-0.39, 0.29) is 11.0 Å². The minimum Gasteiger partial charge on any atom is -0.310 e. The fourth-order valence-corrected chi connectivity index (χ4v) is 1.83. The Labute approximate surface area is 106 Å². The summed E-state index contributed by atoms with van der Waals surface area (Å²) in [5.74, 6) is -1.18. The Morgan fingerprint density at radius 1 is 1.50 bits per heavy atom. The molecule has 1 rings (SSSR count). The Kier molecular flexibility index (Phi) is 4.02. The number of nitrogens with one attached hydrogen (secondary N) is 1. The molecule has 0 aliphatic carbocycles. The Balaban J connectivity index is 2.82. The smallest absolute Gasteiger partial charge is 0.310 e. The highest BCUT2D eigenvalue weighted by Gasteiger charge is 2.54. The number of carbonyl (C=O) groups is 1. The zero-order valence-corrected chi connectivity index (χ0v) is 10.9. The quantitative estimate of drug-likeness (QED) is 0.894. The Morgan fingerprint density at radius 3 is 2.44 bits per heavy atom. The van der Waals surface area contributed by atoms with Gasteiger partial charge in [-0.3, -0.25) is 4.79 Å². The number of hydrogen-bond donors (Lipinski definition) is 2. The summed E-state index contributed by atoms with van der Waals surface area (Å²) < 4.78 is 37.6. The van der Waals surface area contributed by atoms with Crippen molar-refractivity contribution < 1.29 is 18.0 Å². The molecule has 1 heterocycles. The van der Waals surface area contributed by atoms with Crippen LogP contribution in [-0.2, 0) is 4.79 Å². The molecule has 0 saturated carbocycles. The molecule has 102 valence electrons. The number of alkyl halides is 3. The summed E-state index contributed by atoms with van der Waals surface area (Å²) in [4.78, 5) is 15.5. The second kappa shape index (κ2) is 4.85. The lowest BCUT2D eigenvalue weighted by Gasteiger charge is -2.25. The predicted octanol–water partition coefficient (Wildman–Crippen LogP) is 2.48. The maximum Gasteiger partial charge on any atom is 0.415 e. The fraction of sp³-hybridized carbons (Fsp3) is 0.600. The van der Waals surface area contributed by atoms with Crippen LogP contribution in [0.5, 0.6) is 0 Å². The van der Waals surface area contributed by atoms with Crippen LogP contribution in [0.1, 0.15) is 32.4 Å². The van der Waals surface area contributed by atoms with Crippen LogP contribution in [0.25, 0.3) is 0 Å². The molecular weight excluding hydrogens is 267 g/mol. The van der Waals surface area contributed by atoms with Crippen LogP contribution in [0.15, 0.2) is 5.38 Å². The highest BCUT2D eigenvalue weighted by Crippen LogP contribution is 2.30. The second-order valence-electron chi connectivity index (χ2n) is 4.39. The maximum atomic E-state index is 12.5. The van der Waals surface area contributed by atoms with E-state index in [0.717, 1.165) is 11.3 Å². The summed E-state index contributed by atoms with van der Waals surface area (Å²) in [6, 6.07) is 0. The molecule has 8 heteroatoms. The van der Waals surface area contributed by atoms with Crippen molar-refractivity contribution in [3.8, 4) is 0 Å². The summed E-state index contributed by atoms with van der Waals surface area (Å²) in [5, 5.41) is 3.89. The van der Waals surface area contributed by atoms with Gasteiger partial charge in [-0.15, -0.1) is 11.3 Å². The molecule has 1 unspecified atom stereocenters. The molecule has 1 aromatic rings. The summed E-state index contributed by atoms with van der Waals surface area (Å²) in [6.07, 6.45) is -4.81. The number of thiazole rings is 1. The lowest BCUT2D eigenvalue weighted by atomic mass is 10.0. The van der Waals surface area contributed by atoms with E-state index in [9.17, 15) is 18.0 Å². The van der Waals surface area contributed by atoms with Gasteiger partial charge >= 0.3 is 6.18 Å². The van der Waals surface area contributed by atoms with Crippen LogP contribution in [0, 0.1) is 0 Å². The number of nitrogens with two attached hydrogens (primary N) is 1. The average molecular weight is 281 g/mol. The molecule has 1 aromatic heterocycles. The van der Waals surface area contributed by atoms with Crippen molar-refractivity contribution in [2.75, 3.05) is 5.32 Å². The topological polar surface area (TPSA) is 68.0 Å². The van der Waals surface area contributed by atoms with Gasteiger partial charge in [0.1, 0.15) is 0 Å². The fourth-order valence-electron chi connectivity index (χ4n) is 0.964. The minimum atomic E-state index is -4.81. The standard InChI is InChI=1S/C10H14F3N3OS/c1-5(2)6-4-18-8(15-6)16-7(17)9(3,14)10(11,12)13/h4-5H,14H2,1-3H3,(H,15,16,17). The van der Waals surface area contributed by atoms with Gasteiger partial charge in [0.15, 0.2) is 10.7 Å². The van der Waals surface area contributed by atoms with Crippen molar-refractivity contribution in [3.05, 3.63) is 11.1 Å². The van der Waals surface area contributed by atoms with Crippen LogP contribution in [0.4, 0.5) is 18.3 Å². The van der Waals surface area contributed by atoms with Gasteiger partial charge in [0, 0.05) is 5.38 Å². The van der Waals surface area contributed by atoms with E-state index in [4.69, 9.17) is 5.73 Å². The van der Waals surface area contributed by atoms with Crippen molar-refractivity contribution in [2.24, 2.45) is 5.73 Å². The minimum absolute atomic E-state index is 0.115. The average Bonchev–Trinajstić information content (AvgIpc) is 2.64. The second-order valence-corrected chi connectivity index (χ2v) is 5.24. The van der Waals surface area contributed by atoms with E-state index >= 15 is 0 Å². The van der Waals surface area contributed by atoms with Gasteiger partial charge in [0.25, 0.3) is 5.91 Å². The molecular formula is C10H14F3N3OS. The summed E-state index contributed by atoms with van der Waals surface area (Å²) in [6.45, 7) is 4.41. The van der Waals surface area contributed by atoms with Crippen LogP contribution in [0.3, 0.4) is 0 Å².